The van der Waals surface area contributed by atoms with Crippen LogP contribution >= 0.6 is 7.80 Å². The Labute approximate surface area is 179 Å². The molecule has 0 bridgehead atoms. The van der Waals surface area contributed by atoms with Gasteiger partial charge in [-0.25, -0.2) is 4.79 Å². The maximum atomic E-state index is 12.9. The van der Waals surface area contributed by atoms with Gasteiger partial charge in [-0.15, -0.1) is 0 Å². The molecule has 0 spiro atoms. The van der Waals surface area contributed by atoms with E-state index in [0.29, 0.717) is 17.1 Å². The molecule has 1 atom stereocenters. The van der Waals surface area contributed by atoms with Gasteiger partial charge < -0.3 is 9.47 Å². The molecule has 30 heavy (non-hydrogen) atoms. The molecule has 0 aliphatic carbocycles. The van der Waals surface area contributed by atoms with Crippen molar-refractivity contribution in [2.75, 3.05) is 20.4 Å². The Hall–Kier alpha value is -2.52. The third-order valence-corrected chi connectivity index (χ3v) is 6.39. The molecule has 0 N–H and O–H groups in total. The zero-order valence-corrected chi connectivity index (χ0v) is 19.7. The van der Waals surface area contributed by atoms with Crippen LogP contribution in [0.3, 0.4) is 0 Å². The van der Waals surface area contributed by atoms with E-state index in [2.05, 4.69) is 20.8 Å². The van der Waals surface area contributed by atoms with Crippen LogP contribution < -0.4 is 9.47 Å². The number of hydrogen-bond acceptors (Lipinski definition) is 5. The Kier molecular flexibility index (Phi) is 7.54. The second kappa shape index (κ2) is 9.53. The predicted molar refractivity (Wildman–Crippen MR) is 120 cm³/mol. The van der Waals surface area contributed by atoms with E-state index in [1.54, 1.807) is 18.2 Å². The molecule has 5 nitrogen and oxygen atoms in total. The Morgan fingerprint density at radius 3 is 1.87 bits per heavy atom. The molecular formula is C24H30O5P+. The molecule has 0 aliphatic rings. The van der Waals surface area contributed by atoms with E-state index in [0.717, 1.165) is 11.1 Å². The average Bonchev–Trinajstić information content (AvgIpc) is 2.69. The van der Waals surface area contributed by atoms with Crippen LogP contribution in [0.15, 0.2) is 30.3 Å². The van der Waals surface area contributed by atoms with Crippen molar-refractivity contribution in [2.24, 2.45) is 0 Å². The van der Waals surface area contributed by atoms with Crippen LogP contribution in [0.25, 0.3) is 0 Å². The van der Waals surface area contributed by atoms with E-state index in [1.807, 2.05) is 26.0 Å². The molecular weight excluding hydrogens is 399 g/mol. The van der Waals surface area contributed by atoms with Crippen molar-refractivity contribution in [2.45, 2.75) is 46.5 Å². The summed E-state index contributed by atoms with van der Waals surface area (Å²) in [6.07, 6.45) is 0.0169. The first-order chi connectivity index (χ1) is 14.0. The maximum absolute atomic E-state index is 12.9. The maximum Gasteiger partial charge on any atom is 0.420 e. The summed E-state index contributed by atoms with van der Waals surface area (Å²) in [5, 5.41) is 0. The SMILES string of the molecule is COc1cccc(OC)c1C(=O)[P+](=O)CCC(=O)c1c(C)cc(C(C)(C)C)cc1C. The number of hydrogen-bond donors (Lipinski definition) is 0. The van der Waals surface area contributed by atoms with Crippen LogP contribution in [0.4, 0.5) is 0 Å². The molecule has 0 saturated heterocycles. The Bertz CT molecular complexity index is 940. The lowest BCUT2D eigenvalue weighted by Crippen LogP contribution is -2.14. The molecule has 0 heterocycles. The van der Waals surface area contributed by atoms with Gasteiger partial charge >= 0.3 is 13.3 Å². The van der Waals surface area contributed by atoms with Gasteiger partial charge in [0.25, 0.3) is 0 Å². The fourth-order valence-electron chi connectivity index (χ4n) is 3.45. The van der Waals surface area contributed by atoms with Gasteiger partial charge in [-0.05, 0) is 48.1 Å². The number of methoxy groups -OCH3 is 2. The summed E-state index contributed by atoms with van der Waals surface area (Å²) >= 11 is 0. The highest BCUT2D eigenvalue weighted by Crippen LogP contribution is 2.38. The fourth-order valence-corrected chi connectivity index (χ4v) is 4.53. The van der Waals surface area contributed by atoms with Crippen LogP contribution in [-0.2, 0) is 9.98 Å². The summed E-state index contributed by atoms with van der Waals surface area (Å²) < 4.78 is 23.2. The molecule has 160 valence electrons. The van der Waals surface area contributed by atoms with Crippen LogP contribution in [-0.4, -0.2) is 31.7 Å². The summed E-state index contributed by atoms with van der Waals surface area (Å²) in [6.45, 7) is 10.2. The molecule has 2 aromatic rings. The van der Waals surface area contributed by atoms with E-state index in [9.17, 15) is 14.2 Å². The van der Waals surface area contributed by atoms with Crippen LogP contribution in [0.1, 0.15) is 64.6 Å². The quantitative estimate of drug-likeness (QED) is 0.388. The van der Waals surface area contributed by atoms with Gasteiger partial charge in [0.05, 0.1) is 20.6 Å². The first kappa shape index (κ1) is 23.8. The average molecular weight is 429 g/mol. The Balaban J connectivity index is 2.20. The molecule has 0 saturated carbocycles. The highest BCUT2D eigenvalue weighted by atomic mass is 31.1. The van der Waals surface area contributed by atoms with E-state index < -0.39 is 13.3 Å². The van der Waals surface area contributed by atoms with E-state index in [1.165, 1.54) is 19.8 Å². The summed E-state index contributed by atoms with van der Waals surface area (Å²) in [6, 6.07) is 9.00. The van der Waals surface area contributed by atoms with Crippen molar-refractivity contribution >= 4 is 19.1 Å². The number of carbonyl (C=O) groups excluding carboxylic acids is 2. The van der Waals surface area contributed by atoms with Gasteiger partial charge in [-0.2, -0.15) is 0 Å². The second-order valence-electron chi connectivity index (χ2n) is 8.35. The fraction of sp³-hybridized carbons (Fsp3) is 0.417. The van der Waals surface area contributed by atoms with Crippen molar-refractivity contribution in [3.63, 3.8) is 0 Å². The molecule has 0 aromatic heterocycles. The first-order valence-corrected chi connectivity index (χ1v) is 11.3. The van der Waals surface area contributed by atoms with Crippen LogP contribution in [0.2, 0.25) is 0 Å². The second-order valence-corrected chi connectivity index (χ2v) is 9.96. The third-order valence-electron chi connectivity index (χ3n) is 5.09. The van der Waals surface area contributed by atoms with Crippen molar-refractivity contribution in [1.82, 2.24) is 0 Å². The highest BCUT2D eigenvalue weighted by Gasteiger charge is 2.35. The van der Waals surface area contributed by atoms with Gasteiger partial charge in [-0.3, -0.25) is 4.79 Å². The minimum atomic E-state index is -2.30. The van der Waals surface area contributed by atoms with Crippen molar-refractivity contribution in [3.05, 3.63) is 58.1 Å². The van der Waals surface area contributed by atoms with Crippen molar-refractivity contribution in [1.29, 1.82) is 0 Å². The molecule has 1 unspecified atom stereocenters. The van der Waals surface area contributed by atoms with Gasteiger partial charge in [0, 0.05) is 5.56 Å². The summed E-state index contributed by atoms with van der Waals surface area (Å²) in [5.41, 5.74) is 3.19. The highest BCUT2D eigenvalue weighted by molar-refractivity contribution is 7.64. The lowest BCUT2D eigenvalue weighted by molar-refractivity contribution is 0.0988. The number of rotatable bonds is 8. The van der Waals surface area contributed by atoms with Crippen molar-refractivity contribution in [3.8, 4) is 11.5 Å². The summed E-state index contributed by atoms with van der Waals surface area (Å²) in [5.74, 6) is 0.505. The number of carbonyl (C=O) groups is 2. The predicted octanol–water partition coefficient (Wildman–Crippen LogP) is 5.86. The topological polar surface area (TPSA) is 69.7 Å². The van der Waals surface area contributed by atoms with Crippen LogP contribution in [0.5, 0.6) is 11.5 Å². The van der Waals surface area contributed by atoms with E-state index in [-0.39, 0.29) is 29.3 Å². The molecule has 0 fully saturated rings. The largest absolute Gasteiger partial charge is 0.496 e. The minimum absolute atomic E-state index is 0.0132. The Morgan fingerprint density at radius 1 is 0.933 bits per heavy atom. The van der Waals surface area contributed by atoms with Crippen LogP contribution in [0, 0.1) is 13.8 Å². The standard InChI is InChI=1S/C24H30O5P/c1-15-13-17(24(3,4)5)14-16(2)21(15)18(25)11-12-30(27)23(26)22-19(28-6)9-8-10-20(22)29-7/h8-10,13-14H,11-12H2,1-7H3/q+1. The van der Waals surface area contributed by atoms with Gasteiger partial charge in [-0.1, -0.05) is 43.5 Å². The van der Waals surface area contributed by atoms with Crippen molar-refractivity contribution < 1.29 is 23.6 Å². The minimum Gasteiger partial charge on any atom is -0.496 e. The first-order valence-electron chi connectivity index (χ1n) is 9.86. The van der Waals surface area contributed by atoms with E-state index in [4.69, 9.17) is 9.47 Å². The smallest absolute Gasteiger partial charge is 0.420 e. The lowest BCUT2D eigenvalue weighted by Gasteiger charge is -2.22. The van der Waals surface area contributed by atoms with E-state index >= 15 is 0 Å². The summed E-state index contributed by atoms with van der Waals surface area (Å²) in [4.78, 5) is 25.7. The monoisotopic (exact) mass is 429 g/mol. The molecule has 6 heteroatoms. The van der Waals surface area contributed by atoms with Gasteiger partial charge in [0.1, 0.15) is 11.5 Å². The number of ether oxygens (including phenoxy) is 2. The number of benzene rings is 2. The zero-order chi connectivity index (χ0) is 22.6. The molecule has 2 rings (SSSR count). The number of ketones is 1. The third kappa shape index (κ3) is 5.14. The normalized spacial score (nSPS) is 11.8. The zero-order valence-electron chi connectivity index (χ0n) is 18.8. The molecule has 0 aliphatic heterocycles. The Morgan fingerprint density at radius 2 is 1.43 bits per heavy atom. The van der Waals surface area contributed by atoms with Gasteiger partial charge in [0.15, 0.2) is 17.5 Å². The molecule has 2 aromatic carbocycles. The number of Topliss-reactive ketones (excluding diaryl/α,β-unsaturated/α-hetero) is 1. The molecule has 0 amide bonds. The lowest BCUT2D eigenvalue weighted by atomic mass is 9.83. The summed E-state index contributed by atoms with van der Waals surface area (Å²) in [7, 11) is 0.580. The van der Waals surface area contributed by atoms with Gasteiger partial charge in [0.2, 0.25) is 0 Å². The molecule has 0 radical (unpaired) electrons. The number of aryl methyl sites for hydroxylation is 2.